The molecule has 0 saturated heterocycles. The summed E-state index contributed by atoms with van der Waals surface area (Å²) in [6.07, 6.45) is 81.4. The Balaban J connectivity index is 4.43. The van der Waals surface area contributed by atoms with Gasteiger partial charge in [-0.15, -0.1) is 0 Å². The third-order valence-electron chi connectivity index (χ3n) is 13.6. The number of rotatable bonds is 57. The summed E-state index contributed by atoms with van der Waals surface area (Å²) in [5.41, 5.74) is 0. The average Bonchev–Trinajstić information content (AvgIpc) is 3.40. The lowest BCUT2D eigenvalue weighted by molar-refractivity contribution is -0.167. The monoisotopic (exact) mass is 1030 g/mol. The standard InChI is InChI=1S/C68H118O6/c1-4-7-10-13-16-19-22-25-28-31-33-34-36-37-40-43-46-49-52-55-58-61-67(70)73-64-65(63-72-66(69)60-57-54-51-48-45-42-39-30-27-24-21-18-15-12-9-6-3)74-68(71)62-59-56-53-50-47-44-41-38-35-32-29-26-23-20-17-14-11-8-5-2/h17,20-22,24-26,29-31,33,36-37,39,65H,4-16,18-19,23,27-28,32,34-35,38,40-64H2,1-3H3/b20-17-,24-21-,25-22-,29-26-,33-31-,37-36-,39-30-. The van der Waals surface area contributed by atoms with E-state index in [0.29, 0.717) is 19.3 Å². The van der Waals surface area contributed by atoms with E-state index in [-0.39, 0.29) is 31.1 Å². The van der Waals surface area contributed by atoms with Crippen LogP contribution in [0.25, 0.3) is 0 Å². The van der Waals surface area contributed by atoms with Crippen molar-refractivity contribution in [2.75, 3.05) is 13.2 Å². The lowest BCUT2D eigenvalue weighted by atomic mass is 10.1. The average molecular weight is 1030 g/mol. The third-order valence-corrected chi connectivity index (χ3v) is 13.6. The summed E-state index contributed by atoms with van der Waals surface area (Å²) < 4.78 is 16.9. The lowest BCUT2D eigenvalue weighted by Gasteiger charge is -2.18. The molecule has 0 heterocycles. The Morgan fingerprint density at radius 1 is 0.270 bits per heavy atom. The molecule has 6 nitrogen and oxygen atoms in total. The number of hydrogen-bond acceptors (Lipinski definition) is 6. The van der Waals surface area contributed by atoms with Crippen LogP contribution >= 0.6 is 0 Å². The van der Waals surface area contributed by atoms with Gasteiger partial charge in [0.05, 0.1) is 0 Å². The predicted molar refractivity (Wildman–Crippen MR) is 321 cm³/mol. The Labute approximate surface area is 458 Å². The Bertz CT molecular complexity index is 1420. The minimum atomic E-state index is -0.792. The zero-order valence-corrected chi connectivity index (χ0v) is 48.8. The van der Waals surface area contributed by atoms with E-state index in [1.165, 1.54) is 167 Å². The first-order valence-electron chi connectivity index (χ1n) is 31.6. The highest BCUT2D eigenvalue weighted by atomic mass is 16.6. The summed E-state index contributed by atoms with van der Waals surface area (Å²) in [5.74, 6) is -0.908. The number of ether oxygens (including phenoxy) is 3. The molecular weight excluding hydrogens is 913 g/mol. The van der Waals surface area contributed by atoms with Gasteiger partial charge in [-0.3, -0.25) is 14.4 Å². The van der Waals surface area contributed by atoms with E-state index in [0.717, 1.165) is 103 Å². The van der Waals surface area contributed by atoms with Crippen LogP contribution in [-0.4, -0.2) is 37.2 Å². The smallest absolute Gasteiger partial charge is 0.306 e. The number of allylic oxidation sites excluding steroid dienone is 14. The van der Waals surface area contributed by atoms with Gasteiger partial charge in [0, 0.05) is 19.3 Å². The van der Waals surface area contributed by atoms with Crippen LogP contribution in [0.5, 0.6) is 0 Å². The van der Waals surface area contributed by atoms with Crippen molar-refractivity contribution in [2.24, 2.45) is 0 Å². The maximum absolute atomic E-state index is 12.9. The van der Waals surface area contributed by atoms with E-state index >= 15 is 0 Å². The molecule has 0 aromatic carbocycles. The quantitative estimate of drug-likeness (QED) is 0.0261. The van der Waals surface area contributed by atoms with Gasteiger partial charge in [-0.2, -0.15) is 0 Å². The van der Waals surface area contributed by atoms with E-state index in [4.69, 9.17) is 14.2 Å². The van der Waals surface area contributed by atoms with Crippen molar-refractivity contribution in [1.82, 2.24) is 0 Å². The third kappa shape index (κ3) is 59.5. The first-order valence-corrected chi connectivity index (χ1v) is 31.6. The van der Waals surface area contributed by atoms with Gasteiger partial charge in [-0.25, -0.2) is 0 Å². The van der Waals surface area contributed by atoms with Crippen molar-refractivity contribution < 1.29 is 28.6 Å². The van der Waals surface area contributed by atoms with Crippen LogP contribution in [0.3, 0.4) is 0 Å². The van der Waals surface area contributed by atoms with E-state index in [2.05, 4.69) is 106 Å². The van der Waals surface area contributed by atoms with Gasteiger partial charge in [-0.1, -0.05) is 254 Å². The minimum absolute atomic E-state index is 0.0892. The molecule has 0 spiro atoms. The Kier molecular flexibility index (Phi) is 59.3. The van der Waals surface area contributed by atoms with Gasteiger partial charge >= 0.3 is 17.9 Å². The SMILES string of the molecule is CCCCC/C=C\C/C=C\CCCCCCCCCCCC(=O)OC(COC(=O)CCCCCCC/C=C\C/C=C\CCCCCC)COC(=O)CCCCCCCC/C=C\C/C=C\C/C=C\CCCCCCC. The summed E-state index contributed by atoms with van der Waals surface area (Å²) in [4.78, 5) is 38.3. The zero-order chi connectivity index (χ0) is 53.6. The van der Waals surface area contributed by atoms with Crippen molar-refractivity contribution in [1.29, 1.82) is 0 Å². The highest BCUT2D eigenvalue weighted by molar-refractivity contribution is 5.71. The number of carbonyl (C=O) groups is 3. The summed E-state index contributed by atoms with van der Waals surface area (Å²) in [6.45, 7) is 6.59. The lowest BCUT2D eigenvalue weighted by Crippen LogP contribution is -2.30. The second-order valence-corrected chi connectivity index (χ2v) is 21.0. The summed E-state index contributed by atoms with van der Waals surface area (Å²) in [6, 6.07) is 0. The first kappa shape index (κ1) is 70.6. The molecule has 0 N–H and O–H groups in total. The highest BCUT2D eigenvalue weighted by Crippen LogP contribution is 2.15. The first-order chi connectivity index (χ1) is 36.5. The summed E-state index contributed by atoms with van der Waals surface area (Å²) in [5, 5.41) is 0. The van der Waals surface area contributed by atoms with E-state index in [1.54, 1.807) is 0 Å². The van der Waals surface area contributed by atoms with Crippen molar-refractivity contribution in [2.45, 2.75) is 316 Å². The largest absolute Gasteiger partial charge is 0.462 e. The zero-order valence-electron chi connectivity index (χ0n) is 48.8. The second-order valence-electron chi connectivity index (χ2n) is 21.0. The summed E-state index contributed by atoms with van der Waals surface area (Å²) >= 11 is 0. The molecular formula is C68H118O6. The van der Waals surface area contributed by atoms with Crippen LogP contribution < -0.4 is 0 Å². The molecule has 74 heavy (non-hydrogen) atoms. The van der Waals surface area contributed by atoms with E-state index in [9.17, 15) is 14.4 Å². The Morgan fingerprint density at radius 2 is 0.486 bits per heavy atom. The number of carbonyl (C=O) groups excluding carboxylic acids is 3. The molecule has 6 heteroatoms. The molecule has 0 amide bonds. The van der Waals surface area contributed by atoms with Gasteiger partial charge in [0.2, 0.25) is 0 Å². The molecule has 0 rings (SSSR count). The van der Waals surface area contributed by atoms with Crippen LogP contribution in [0, 0.1) is 0 Å². The fraction of sp³-hybridized carbons (Fsp3) is 0.750. The fourth-order valence-electron chi connectivity index (χ4n) is 8.80. The molecule has 426 valence electrons. The van der Waals surface area contributed by atoms with Crippen LogP contribution in [0.15, 0.2) is 85.1 Å². The van der Waals surface area contributed by atoms with Crippen LogP contribution in [0.1, 0.15) is 310 Å². The second kappa shape index (κ2) is 62.1. The molecule has 0 bridgehead atoms. The Morgan fingerprint density at radius 3 is 0.797 bits per heavy atom. The van der Waals surface area contributed by atoms with E-state index in [1.807, 2.05) is 0 Å². The predicted octanol–water partition coefficient (Wildman–Crippen LogP) is 21.5. The summed E-state index contributed by atoms with van der Waals surface area (Å²) in [7, 11) is 0. The molecule has 0 aromatic heterocycles. The molecule has 1 atom stereocenters. The molecule has 0 saturated carbocycles. The van der Waals surface area contributed by atoms with E-state index < -0.39 is 6.10 Å². The van der Waals surface area contributed by atoms with Crippen LogP contribution in [-0.2, 0) is 28.6 Å². The molecule has 0 fully saturated rings. The Hall–Kier alpha value is -3.41. The van der Waals surface area contributed by atoms with Crippen LogP contribution in [0.2, 0.25) is 0 Å². The van der Waals surface area contributed by atoms with Crippen LogP contribution in [0.4, 0.5) is 0 Å². The number of hydrogen-bond donors (Lipinski definition) is 0. The van der Waals surface area contributed by atoms with Crippen molar-refractivity contribution in [3.63, 3.8) is 0 Å². The molecule has 0 radical (unpaired) electrons. The molecule has 0 aliphatic heterocycles. The highest BCUT2D eigenvalue weighted by Gasteiger charge is 2.19. The maximum atomic E-state index is 12.9. The topological polar surface area (TPSA) is 78.9 Å². The molecule has 1 unspecified atom stereocenters. The number of esters is 3. The molecule has 0 aromatic rings. The van der Waals surface area contributed by atoms with Gasteiger partial charge < -0.3 is 14.2 Å². The molecule has 0 aliphatic rings. The fourth-order valence-corrected chi connectivity index (χ4v) is 8.80. The van der Waals surface area contributed by atoms with Crippen molar-refractivity contribution >= 4 is 17.9 Å². The van der Waals surface area contributed by atoms with Crippen molar-refractivity contribution in [3.05, 3.63) is 85.1 Å². The van der Waals surface area contributed by atoms with Crippen molar-refractivity contribution in [3.8, 4) is 0 Å². The van der Waals surface area contributed by atoms with Gasteiger partial charge in [0.15, 0.2) is 6.10 Å². The molecule has 0 aliphatic carbocycles. The maximum Gasteiger partial charge on any atom is 0.306 e. The normalized spacial score (nSPS) is 12.6. The van der Waals surface area contributed by atoms with Gasteiger partial charge in [-0.05, 0) is 122 Å². The van der Waals surface area contributed by atoms with Gasteiger partial charge in [0.25, 0.3) is 0 Å². The minimum Gasteiger partial charge on any atom is -0.462 e. The number of unbranched alkanes of at least 4 members (excludes halogenated alkanes) is 32. The van der Waals surface area contributed by atoms with Gasteiger partial charge in [0.1, 0.15) is 13.2 Å².